The molecule has 0 saturated heterocycles. The number of carbonyl (C=O) groups excluding carboxylic acids is 2. The van der Waals surface area contributed by atoms with E-state index in [4.69, 9.17) is 6.42 Å². The highest BCUT2D eigenvalue weighted by Crippen LogP contribution is 2.03. The number of rotatable bonds is 8. The minimum Gasteiger partial charge on any atom is -0.469 e. The van der Waals surface area contributed by atoms with E-state index in [0.29, 0.717) is 25.8 Å². The monoisotopic (exact) mass is 239 g/mol. The summed E-state index contributed by atoms with van der Waals surface area (Å²) in [7, 11) is 3.11. The Balaban J connectivity index is 3.61. The van der Waals surface area contributed by atoms with Crippen molar-refractivity contribution in [1.29, 1.82) is 0 Å². The van der Waals surface area contributed by atoms with E-state index in [1.165, 1.54) is 7.11 Å². The van der Waals surface area contributed by atoms with Crippen LogP contribution in [0.15, 0.2) is 0 Å². The Morgan fingerprint density at radius 2 is 1.94 bits per heavy atom. The zero-order valence-corrected chi connectivity index (χ0v) is 10.7. The molecule has 17 heavy (non-hydrogen) atoms. The molecule has 0 heterocycles. The van der Waals surface area contributed by atoms with Crippen LogP contribution >= 0.6 is 0 Å². The zero-order chi connectivity index (χ0) is 13.1. The van der Waals surface area contributed by atoms with Crippen molar-refractivity contribution in [2.24, 2.45) is 0 Å². The third-order valence-corrected chi connectivity index (χ3v) is 2.49. The van der Waals surface area contributed by atoms with Crippen LogP contribution in [0.1, 0.15) is 38.5 Å². The number of unbranched alkanes of at least 4 members (excludes halogenated alkanes) is 2. The maximum absolute atomic E-state index is 11.6. The number of nitrogens with zero attached hydrogens (tertiary/aromatic N) is 1. The van der Waals surface area contributed by atoms with Crippen LogP contribution in [-0.2, 0) is 14.3 Å². The van der Waals surface area contributed by atoms with Gasteiger partial charge in [0, 0.05) is 32.9 Å². The first-order valence-corrected chi connectivity index (χ1v) is 5.86. The van der Waals surface area contributed by atoms with Gasteiger partial charge in [0.2, 0.25) is 5.91 Å². The summed E-state index contributed by atoms with van der Waals surface area (Å²) in [5.41, 5.74) is 0. The average molecular weight is 239 g/mol. The molecule has 0 radical (unpaired) electrons. The second-order valence-electron chi connectivity index (χ2n) is 3.91. The Labute approximate surface area is 103 Å². The largest absolute Gasteiger partial charge is 0.469 e. The molecule has 1 amide bonds. The summed E-state index contributed by atoms with van der Waals surface area (Å²) in [4.78, 5) is 24.1. The van der Waals surface area contributed by atoms with Gasteiger partial charge in [-0.05, 0) is 19.3 Å². The Kier molecular flexibility index (Phi) is 8.85. The smallest absolute Gasteiger partial charge is 0.305 e. The molecule has 0 aromatic rings. The third-order valence-electron chi connectivity index (χ3n) is 2.49. The lowest BCUT2D eigenvalue weighted by Gasteiger charge is -2.16. The minimum atomic E-state index is -0.236. The van der Waals surface area contributed by atoms with Gasteiger partial charge < -0.3 is 9.64 Å². The Bertz CT molecular complexity index is 281. The standard InChI is InChI=1S/C13H21NO3/c1-4-5-6-7-9-12(15)14(2)11-8-10-13(16)17-3/h1H,5-11H2,2-3H3. The molecule has 0 aromatic heterocycles. The number of hydrogen-bond acceptors (Lipinski definition) is 3. The van der Waals surface area contributed by atoms with E-state index < -0.39 is 0 Å². The van der Waals surface area contributed by atoms with Gasteiger partial charge in [-0.1, -0.05) is 0 Å². The second-order valence-corrected chi connectivity index (χ2v) is 3.91. The summed E-state index contributed by atoms with van der Waals surface area (Å²) in [6.07, 6.45) is 9.07. The first-order valence-electron chi connectivity index (χ1n) is 5.86. The number of amides is 1. The van der Waals surface area contributed by atoms with Crippen LogP contribution in [0.5, 0.6) is 0 Å². The fourth-order valence-corrected chi connectivity index (χ4v) is 1.38. The van der Waals surface area contributed by atoms with E-state index in [1.54, 1.807) is 11.9 Å². The lowest BCUT2D eigenvalue weighted by molar-refractivity contribution is -0.141. The Morgan fingerprint density at radius 1 is 1.24 bits per heavy atom. The molecule has 0 aliphatic heterocycles. The Morgan fingerprint density at radius 3 is 2.53 bits per heavy atom. The number of esters is 1. The van der Waals surface area contributed by atoms with E-state index in [0.717, 1.165) is 19.3 Å². The van der Waals surface area contributed by atoms with Crippen molar-refractivity contribution < 1.29 is 14.3 Å². The van der Waals surface area contributed by atoms with Crippen LogP contribution in [-0.4, -0.2) is 37.5 Å². The summed E-state index contributed by atoms with van der Waals surface area (Å²) in [6.45, 7) is 0.586. The summed E-state index contributed by atoms with van der Waals surface area (Å²) in [5.74, 6) is 2.41. The quantitative estimate of drug-likeness (QED) is 0.367. The van der Waals surface area contributed by atoms with E-state index in [1.807, 2.05) is 0 Å². The molecule has 0 spiro atoms. The molecule has 0 bridgehead atoms. The minimum absolute atomic E-state index is 0.104. The van der Waals surface area contributed by atoms with Crippen molar-refractivity contribution in [1.82, 2.24) is 4.90 Å². The molecule has 0 atom stereocenters. The van der Waals surface area contributed by atoms with Gasteiger partial charge in [0.05, 0.1) is 7.11 Å². The van der Waals surface area contributed by atoms with Crippen molar-refractivity contribution in [3.8, 4) is 12.3 Å². The molecule has 0 rings (SSSR count). The molecule has 4 heteroatoms. The highest BCUT2D eigenvalue weighted by Gasteiger charge is 2.08. The summed E-state index contributed by atoms with van der Waals surface area (Å²) >= 11 is 0. The molecule has 0 aliphatic carbocycles. The second kappa shape index (κ2) is 9.71. The molecular formula is C13H21NO3. The number of terminal acetylenes is 1. The lowest BCUT2D eigenvalue weighted by Crippen LogP contribution is -2.27. The number of ether oxygens (including phenoxy) is 1. The lowest BCUT2D eigenvalue weighted by atomic mass is 10.2. The van der Waals surface area contributed by atoms with Gasteiger partial charge in [0.1, 0.15) is 0 Å². The van der Waals surface area contributed by atoms with Crippen LogP contribution in [0.25, 0.3) is 0 Å². The van der Waals surface area contributed by atoms with E-state index in [2.05, 4.69) is 10.7 Å². The van der Waals surface area contributed by atoms with E-state index in [-0.39, 0.29) is 11.9 Å². The molecule has 0 unspecified atom stereocenters. The van der Waals surface area contributed by atoms with Gasteiger partial charge in [-0.25, -0.2) is 0 Å². The van der Waals surface area contributed by atoms with Crippen LogP contribution < -0.4 is 0 Å². The van der Waals surface area contributed by atoms with Gasteiger partial charge in [0.15, 0.2) is 0 Å². The van der Waals surface area contributed by atoms with E-state index in [9.17, 15) is 9.59 Å². The average Bonchev–Trinajstić information content (AvgIpc) is 2.33. The fourth-order valence-electron chi connectivity index (χ4n) is 1.38. The first-order chi connectivity index (χ1) is 8.11. The summed E-state index contributed by atoms with van der Waals surface area (Å²) < 4.78 is 4.52. The van der Waals surface area contributed by atoms with Crippen molar-refractivity contribution in [3.63, 3.8) is 0 Å². The number of carbonyl (C=O) groups is 2. The molecule has 0 N–H and O–H groups in total. The predicted octanol–water partition coefficient (Wildman–Crippen LogP) is 1.59. The van der Waals surface area contributed by atoms with Crippen molar-refractivity contribution in [3.05, 3.63) is 0 Å². The molecule has 0 aliphatic rings. The van der Waals surface area contributed by atoms with Crippen molar-refractivity contribution in [2.75, 3.05) is 20.7 Å². The van der Waals surface area contributed by atoms with Crippen LogP contribution in [0.2, 0.25) is 0 Å². The van der Waals surface area contributed by atoms with Gasteiger partial charge >= 0.3 is 5.97 Å². The first kappa shape index (κ1) is 15.5. The van der Waals surface area contributed by atoms with Crippen LogP contribution in [0.3, 0.4) is 0 Å². The summed E-state index contributed by atoms with van der Waals surface area (Å²) in [5, 5.41) is 0. The maximum atomic E-state index is 11.6. The zero-order valence-electron chi connectivity index (χ0n) is 10.7. The van der Waals surface area contributed by atoms with Crippen LogP contribution in [0, 0.1) is 12.3 Å². The predicted molar refractivity (Wildman–Crippen MR) is 66.2 cm³/mol. The highest BCUT2D eigenvalue weighted by atomic mass is 16.5. The summed E-state index contributed by atoms with van der Waals surface area (Å²) in [6, 6.07) is 0. The number of methoxy groups -OCH3 is 1. The van der Waals surface area contributed by atoms with Gasteiger partial charge in [0.25, 0.3) is 0 Å². The van der Waals surface area contributed by atoms with Crippen molar-refractivity contribution in [2.45, 2.75) is 38.5 Å². The Hall–Kier alpha value is -1.50. The molecule has 0 saturated carbocycles. The maximum Gasteiger partial charge on any atom is 0.305 e. The molecule has 96 valence electrons. The molecule has 0 fully saturated rings. The topological polar surface area (TPSA) is 46.6 Å². The van der Waals surface area contributed by atoms with Crippen molar-refractivity contribution >= 4 is 11.9 Å². The molecular weight excluding hydrogens is 218 g/mol. The third kappa shape index (κ3) is 8.32. The SMILES string of the molecule is C#CCCCCC(=O)N(C)CCCC(=O)OC. The molecule has 0 aromatic carbocycles. The van der Waals surface area contributed by atoms with E-state index >= 15 is 0 Å². The molecule has 4 nitrogen and oxygen atoms in total. The van der Waals surface area contributed by atoms with Gasteiger partial charge in [-0.2, -0.15) is 0 Å². The van der Waals surface area contributed by atoms with Crippen LogP contribution in [0.4, 0.5) is 0 Å². The fraction of sp³-hybridized carbons (Fsp3) is 0.692. The normalized spacial score (nSPS) is 9.47. The number of hydrogen-bond donors (Lipinski definition) is 0. The van der Waals surface area contributed by atoms with Gasteiger partial charge in [-0.3, -0.25) is 9.59 Å². The van der Waals surface area contributed by atoms with Gasteiger partial charge in [-0.15, -0.1) is 12.3 Å². The highest BCUT2D eigenvalue weighted by molar-refractivity contribution is 5.75.